The smallest absolute Gasteiger partial charge is 0.328 e. The fraction of sp³-hybridized carbons (Fsp3) is 0.619. The van der Waals surface area contributed by atoms with Gasteiger partial charge in [0.25, 0.3) is 5.91 Å². The zero-order valence-corrected chi connectivity index (χ0v) is 16.2. The van der Waals surface area contributed by atoms with Gasteiger partial charge in [0.2, 0.25) is 0 Å². The Bertz CT molecular complexity index is 663. The van der Waals surface area contributed by atoms with Crippen LogP contribution in [0.5, 0.6) is 0 Å². The number of hydrogen-bond donors (Lipinski definition) is 0. The maximum absolute atomic E-state index is 14.3. The summed E-state index contributed by atoms with van der Waals surface area (Å²) in [5.41, 5.74) is -0.397. The number of likely N-dealkylation sites (tertiary alicyclic amines) is 1. The summed E-state index contributed by atoms with van der Waals surface area (Å²) < 4.78 is 33.6. The molecule has 1 aliphatic heterocycles. The topological polar surface area (TPSA) is 46.6 Å². The number of esters is 1. The van der Waals surface area contributed by atoms with Gasteiger partial charge in [-0.1, -0.05) is 45.1 Å². The molecular formula is C21H29F2NO3. The average molecular weight is 381 g/mol. The van der Waals surface area contributed by atoms with Gasteiger partial charge in [0.15, 0.2) is 0 Å². The minimum absolute atomic E-state index is 0.196. The fourth-order valence-electron chi connectivity index (χ4n) is 3.40. The highest BCUT2D eigenvalue weighted by molar-refractivity contribution is 5.97. The lowest BCUT2D eigenvalue weighted by Crippen LogP contribution is -2.42. The first-order valence-electron chi connectivity index (χ1n) is 9.89. The summed E-state index contributed by atoms with van der Waals surface area (Å²) in [7, 11) is 0. The van der Waals surface area contributed by atoms with Crippen LogP contribution in [0.3, 0.4) is 0 Å². The first kappa shape index (κ1) is 21.3. The van der Waals surface area contributed by atoms with Crippen molar-refractivity contribution in [1.82, 2.24) is 4.90 Å². The van der Waals surface area contributed by atoms with Gasteiger partial charge in [-0.05, 0) is 37.8 Å². The van der Waals surface area contributed by atoms with E-state index < -0.39 is 35.1 Å². The van der Waals surface area contributed by atoms with Crippen molar-refractivity contribution < 1.29 is 23.1 Å². The number of carbonyl (C=O) groups is 2. The largest absolute Gasteiger partial charge is 0.464 e. The van der Waals surface area contributed by atoms with Crippen LogP contribution in [0, 0.1) is 18.6 Å². The number of amides is 1. The van der Waals surface area contributed by atoms with Gasteiger partial charge in [0.05, 0.1) is 6.61 Å². The molecule has 1 aliphatic rings. The van der Waals surface area contributed by atoms with Gasteiger partial charge in [-0.25, -0.2) is 13.6 Å². The van der Waals surface area contributed by atoms with E-state index in [1.807, 2.05) is 0 Å². The second kappa shape index (κ2) is 10.4. The van der Waals surface area contributed by atoms with E-state index in [0.717, 1.165) is 25.3 Å². The first-order valence-corrected chi connectivity index (χ1v) is 9.89. The molecule has 150 valence electrons. The van der Waals surface area contributed by atoms with E-state index in [0.29, 0.717) is 26.0 Å². The summed E-state index contributed by atoms with van der Waals surface area (Å²) in [6, 6.07) is 1.60. The van der Waals surface area contributed by atoms with Crippen molar-refractivity contribution in [3.05, 3.63) is 34.9 Å². The van der Waals surface area contributed by atoms with Crippen molar-refractivity contribution in [2.24, 2.45) is 0 Å². The Morgan fingerprint density at radius 2 is 1.85 bits per heavy atom. The van der Waals surface area contributed by atoms with Crippen molar-refractivity contribution in [3.8, 4) is 0 Å². The lowest BCUT2D eigenvalue weighted by Gasteiger charge is -2.24. The predicted octanol–water partition coefficient (Wildman–Crippen LogP) is 4.78. The zero-order chi connectivity index (χ0) is 19.8. The molecule has 1 aromatic rings. The Morgan fingerprint density at radius 1 is 1.15 bits per heavy atom. The van der Waals surface area contributed by atoms with Crippen LogP contribution in [0.2, 0.25) is 0 Å². The van der Waals surface area contributed by atoms with Crippen molar-refractivity contribution in [3.63, 3.8) is 0 Å². The van der Waals surface area contributed by atoms with Crippen molar-refractivity contribution in [2.45, 2.75) is 71.3 Å². The predicted molar refractivity (Wildman–Crippen MR) is 99.5 cm³/mol. The van der Waals surface area contributed by atoms with Crippen LogP contribution in [-0.4, -0.2) is 36.0 Å². The molecule has 1 heterocycles. The highest BCUT2D eigenvalue weighted by atomic mass is 19.1. The number of benzene rings is 1. The third-order valence-corrected chi connectivity index (χ3v) is 5.03. The molecule has 0 spiro atoms. The summed E-state index contributed by atoms with van der Waals surface area (Å²) in [5, 5.41) is 0. The number of halogens is 2. The second-order valence-corrected chi connectivity index (χ2v) is 7.15. The fourth-order valence-corrected chi connectivity index (χ4v) is 3.40. The SMILES string of the molecule is CCCCCCCCOC(=O)C1CCCN1C(=O)c1c(F)ccc(C)c1F. The Hall–Kier alpha value is -1.98. The molecule has 0 aromatic heterocycles. The highest BCUT2D eigenvalue weighted by Crippen LogP contribution is 2.25. The Balaban J connectivity index is 1.92. The third-order valence-electron chi connectivity index (χ3n) is 5.03. The number of rotatable bonds is 9. The molecule has 1 amide bonds. The van der Waals surface area contributed by atoms with Crippen LogP contribution in [0.15, 0.2) is 12.1 Å². The number of unbranched alkanes of at least 4 members (excludes halogenated alkanes) is 5. The number of ether oxygens (including phenoxy) is 1. The summed E-state index contributed by atoms with van der Waals surface area (Å²) in [4.78, 5) is 26.3. The van der Waals surface area contributed by atoms with Crippen LogP contribution in [0.4, 0.5) is 8.78 Å². The van der Waals surface area contributed by atoms with E-state index in [4.69, 9.17) is 4.74 Å². The van der Waals surface area contributed by atoms with Gasteiger partial charge in [0, 0.05) is 6.54 Å². The number of hydrogen-bond acceptors (Lipinski definition) is 3. The van der Waals surface area contributed by atoms with Gasteiger partial charge < -0.3 is 9.64 Å². The number of nitrogens with zero attached hydrogens (tertiary/aromatic N) is 1. The molecule has 27 heavy (non-hydrogen) atoms. The molecule has 1 fully saturated rings. The average Bonchev–Trinajstić information content (AvgIpc) is 3.14. The molecule has 1 atom stereocenters. The van der Waals surface area contributed by atoms with E-state index in [9.17, 15) is 18.4 Å². The molecule has 0 N–H and O–H groups in total. The molecule has 0 radical (unpaired) electrons. The molecule has 6 heteroatoms. The molecule has 1 aromatic carbocycles. The maximum atomic E-state index is 14.3. The summed E-state index contributed by atoms with van der Waals surface area (Å²) in [6.07, 6.45) is 7.55. The summed E-state index contributed by atoms with van der Waals surface area (Å²) in [5.74, 6) is -3.05. The van der Waals surface area contributed by atoms with Crippen LogP contribution in [0.25, 0.3) is 0 Å². The molecular weight excluding hydrogens is 352 g/mol. The standard InChI is InChI=1S/C21H29F2NO3/c1-3-4-5-6-7-8-14-27-21(26)17-10-9-13-24(17)20(25)18-16(22)12-11-15(2)19(18)23/h11-12,17H,3-10,13-14H2,1-2H3. The third kappa shape index (κ3) is 5.50. The Morgan fingerprint density at radius 3 is 2.59 bits per heavy atom. The molecule has 0 bridgehead atoms. The maximum Gasteiger partial charge on any atom is 0.328 e. The highest BCUT2D eigenvalue weighted by Gasteiger charge is 2.37. The molecule has 1 unspecified atom stereocenters. The van der Waals surface area contributed by atoms with E-state index in [-0.39, 0.29) is 5.56 Å². The van der Waals surface area contributed by atoms with Crippen LogP contribution >= 0.6 is 0 Å². The lowest BCUT2D eigenvalue weighted by atomic mass is 10.1. The Kier molecular flexibility index (Phi) is 8.20. The van der Waals surface area contributed by atoms with Crippen LogP contribution in [-0.2, 0) is 9.53 Å². The van der Waals surface area contributed by atoms with Crippen molar-refractivity contribution in [1.29, 1.82) is 0 Å². The van der Waals surface area contributed by atoms with Gasteiger partial charge >= 0.3 is 5.97 Å². The number of carbonyl (C=O) groups excluding carboxylic acids is 2. The minimum atomic E-state index is -0.908. The van der Waals surface area contributed by atoms with Crippen LogP contribution < -0.4 is 0 Å². The van der Waals surface area contributed by atoms with Crippen molar-refractivity contribution in [2.75, 3.05) is 13.2 Å². The monoisotopic (exact) mass is 381 g/mol. The minimum Gasteiger partial charge on any atom is -0.464 e. The van der Waals surface area contributed by atoms with Gasteiger partial charge in [0.1, 0.15) is 23.2 Å². The first-order chi connectivity index (χ1) is 13.0. The molecule has 0 saturated carbocycles. The lowest BCUT2D eigenvalue weighted by molar-refractivity contribution is -0.148. The van der Waals surface area contributed by atoms with Crippen molar-refractivity contribution >= 4 is 11.9 Å². The van der Waals surface area contributed by atoms with E-state index in [1.165, 1.54) is 37.2 Å². The molecule has 2 rings (SSSR count). The van der Waals surface area contributed by atoms with E-state index in [1.54, 1.807) is 0 Å². The molecule has 0 aliphatic carbocycles. The summed E-state index contributed by atoms with van der Waals surface area (Å²) >= 11 is 0. The normalized spacial score (nSPS) is 16.6. The van der Waals surface area contributed by atoms with Crippen LogP contribution in [0.1, 0.15) is 74.2 Å². The summed E-state index contributed by atoms with van der Waals surface area (Å²) in [6.45, 7) is 4.24. The Labute approximate surface area is 159 Å². The molecule has 4 nitrogen and oxygen atoms in total. The van der Waals surface area contributed by atoms with Gasteiger partial charge in [-0.3, -0.25) is 4.79 Å². The second-order valence-electron chi connectivity index (χ2n) is 7.15. The zero-order valence-electron chi connectivity index (χ0n) is 16.2. The quantitative estimate of drug-likeness (QED) is 0.457. The van der Waals surface area contributed by atoms with E-state index >= 15 is 0 Å². The van der Waals surface area contributed by atoms with Gasteiger partial charge in [-0.2, -0.15) is 0 Å². The van der Waals surface area contributed by atoms with Gasteiger partial charge in [-0.15, -0.1) is 0 Å². The number of aryl methyl sites for hydroxylation is 1. The molecule has 1 saturated heterocycles. The van der Waals surface area contributed by atoms with E-state index in [2.05, 4.69) is 6.92 Å².